The fraction of sp³-hybridized carbons (Fsp3) is 0.0227. The van der Waals surface area contributed by atoms with Crippen LogP contribution in [0.25, 0.3) is 78.3 Å². The van der Waals surface area contributed by atoms with Crippen LogP contribution in [0.3, 0.4) is 0 Å². The van der Waals surface area contributed by atoms with Gasteiger partial charge in [0.15, 0.2) is 17.5 Å². The lowest BCUT2D eigenvalue weighted by atomic mass is 9.88. The van der Waals surface area contributed by atoms with E-state index in [-0.39, 0.29) is 0 Å². The average molecular weight is 648 g/mol. The predicted octanol–water partition coefficient (Wildman–Crippen LogP) is 10.3. The molecule has 0 fully saturated rings. The van der Waals surface area contributed by atoms with Crippen LogP contribution >= 0.6 is 7.14 Å². The molecule has 1 unspecified atom stereocenters. The van der Waals surface area contributed by atoms with Crippen molar-refractivity contribution < 1.29 is 4.57 Å². The number of aromatic nitrogens is 3. The van der Waals surface area contributed by atoms with Crippen molar-refractivity contribution in [3.05, 3.63) is 164 Å². The smallest absolute Gasteiger partial charge is 0.164 e. The molecule has 0 saturated heterocycles. The van der Waals surface area contributed by atoms with Gasteiger partial charge < -0.3 is 4.57 Å². The Kier molecular flexibility index (Phi) is 6.93. The second kappa shape index (κ2) is 11.6. The molecule has 0 N–H and O–H groups in total. The van der Waals surface area contributed by atoms with Gasteiger partial charge in [-0.3, -0.25) is 0 Å². The SMILES string of the molecule is CP1(=O)c2ccccc2-c2cc(-c3ccc4ccccc4c3-c3ccc(-c4nc(-c5ccccc5)nc(-c5ccccc5)n4)cc3)ccc21. The van der Waals surface area contributed by atoms with Crippen molar-refractivity contribution in [2.24, 2.45) is 0 Å². The highest BCUT2D eigenvalue weighted by atomic mass is 31.2. The molecule has 0 bridgehead atoms. The van der Waals surface area contributed by atoms with Gasteiger partial charge in [0, 0.05) is 27.3 Å². The molecule has 5 heteroatoms. The molecule has 4 nitrogen and oxygen atoms in total. The first-order chi connectivity index (χ1) is 24.0. The number of nitrogens with zero attached hydrogens (tertiary/aromatic N) is 3. The minimum Gasteiger partial charge on any atom is -0.314 e. The van der Waals surface area contributed by atoms with Gasteiger partial charge in [0.05, 0.1) is 0 Å². The van der Waals surface area contributed by atoms with Crippen LogP contribution in [0.4, 0.5) is 0 Å². The zero-order chi connectivity index (χ0) is 33.0. The molecule has 232 valence electrons. The summed E-state index contributed by atoms with van der Waals surface area (Å²) in [5, 5.41) is 4.23. The molecular weight excluding hydrogens is 617 g/mol. The fourth-order valence-corrected chi connectivity index (χ4v) is 9.33. The fourth-order valence-electron chi connectivity index (χ4n) is 7.04. The van der Waals surface area contributed by atoms with E-state index in [1.54, 1.807) is 0 Å². The van der Waals surface area contributed by atoms with E-state index in [1.165, 1.54) is 10.8 Å². The maximum Gasteiger partial charge on any atom is 0.164 e. The molecule has 1 aromatic heterocycles. The number of hydrogen-bond acceptors (Lipinski definition) is 4. The van der Waals surface area contributed by atoms with Crippen molar-refractivity contribution in [1.29, 1.82) is 0 Å². The van der Waals surface area contributed by atoms with Gasteiger partial charge in [0.2, 0.25) is 0 Å². The summed E-state index contributed by atoms with van der Waals surface area (Å²) in [4.78, 5) is 14.7. The molecule has 0 saturated carbocycles. The highest BCUT2D eigenvalue weighted by molar-refractivity contribution is 7.79. The van der Waals surface area contributed by atoms with Crippen molar-refractivity contribution in [3.63, 3.8) is 0 Å². The van der Waals surface area contributed by atoms with Gasteiger partial charge in [-0.2, -0.15) is 0 Å². The second-order valence-electron chi connectivity index (χ2n) is 12.5. The molecule has 0 radical (unpaired) electrons. The van der Waals surface area contributed by atoms with Crippen LogP contribution in [-0.2, 0) is 4.57 Å². The summed E-state index contributed by atoms with van der Waals surface area (Å²) in [6, 6.07) is 56.1. The Labute approximate surface area is 285 Å². The molecule has 0 spiro atoms. The molecule has 8 aromatic rings. The first-order valence-electron chi connectivity index (χ1n) is 16.4. The molecule has 0 amide bonds. The maximum absolute atomic E-state index is 13.9. The third-order valence-electron chi connectivity index (χ3n) is 9.48. The van der Waals surface area contributed by atoms with E-state index >= 15 is 0 Å². The van der Waals surface area contributed by atoms with Crippen LogP contribution in [-0.4, -0.2) is 21.6 Å². The Bertz CT molecular complexity index is 2520. The van der Waals surface area contributed by atoms with Crippen molar-refractivity contribution in [2.45, 2.75) is 0 Å². The minimum atomic E-state index is -2.64. The van der Waals surface area contributed by atoms with Gasteiger partial charge in [-0.05, 0) is 63.0 Å². The van der Waals surface area contributed by atoms with E-state index < -0.39 is 7.14 Å². The van der Waals surface area contributed by atoms with Crippen molar-refractivity contribution in [3.8, 4) is 67.5 Å². The Morgan fingerprint density at radius 3 is 1.59 bits per heavy atom. The molecule has 1 atom stereocenters. The van der Waals surface area contributed by atoms with Gasteiger partial charge in [-0.1, -0.05) is 152 Å². The minimum absolute atomic E-state index is 0.624. The Morgan fingerprint density at radius 2 is 0.918 bits per heavy atom. The molecule has 49 heavy (non-hydrogen) atoms. The number of benzene rings is 7. The third kappa shape index (κ3) is 5.01. The molecule has 0 aliphatic carbocycles. The van der Waals surface area contributed by atoms with E-state index in [0.717, 1.165) is 60.7 Å². The van der Waals surface area contributed by atoms with Gasteiger partial charge in [-0.15, -0.1) is 0 Å². The van der Waals surface area contributed by atoms with Crippen LogP contribution in [0, 0.1) is 0 Å². The summed E-state index contributed by atoms with van der Waals surface area (Å²) in [5.74, 6) is 1.90. The van der Waals surface area contributed by atoms with Gasteiger partial charge in [0.1, 0.15) is 7.14 Å². The number of fused-ring (bicyclic) bond motifs is 4. The summed E-state index contributed by atoms with van der Waals surface area (Å²) in [6.45, 7) is 1.89. The van der Waals surface area contributed by atoms with E-state index in [4.69, 9.17) is 15.0 Å². The molecule has 9 rings (SSSR count). The highest BCUT2D eigenvalue weighted by Crippen LogP contribution is 2.51. The largest absolute Gasteiger partial charge is 0.314 e. The lowest BCUT2D eigenvalue weighted by Gasteiger charge is -2.16. The molecular formula is C44H30N3OP. The topological polar surface area (TPSA) is 55.7 Å². The third-order valence-corrected chi connectivity index (χ3v) is 12.1. The zero-order valence-electron chi connectivity index (χ0n) is 26.8. The second-order valence-corrected chi connectivity index (χ2v) is 15.3. The normalized spacial score (nSPS) is 14.8. The van der Waals surface area contributed by atoms with Crippen molar-refractivity contribution >= 4 is 28.5 Å². The molecule has 2 heterocycles. The Hall–Kier alpha value is -5.96. The summed E-state index contributed by atoms with van der Waals surface area (Å²) in [6.07, 6.45) is 0. The average Bonchev–Trinajstić information content (AvgIpc) is 3.40. The number of hydrogen-bond donors (Lipinski definition) is 0. The standard InChI is InChI=1S/C44H30N3OP/c1-49(48)39-19-11-10-18-37(39)38-28-34(25-27-40(38)49)36-26-24-29-12-8-9-17-35(29)41(36)30-20-22-33(23-21-30)44-46-42(31-13-4-2-5-14-31)45-43(47-44)32-15-6-3-7-16-32/h2-28H,1H3. The van der Waals surface area contributed by atoms with Crippen molar-refractivity contribution in [2.75, 3.05) is 6.66 Å². The predicted molar refractivity (Wildman–Crippen MR) is 203 cm³/mol. The Morgan fingerprint density at radius 1 is 0.408 bits per heavy atom. The quantitative estimate of drug-likeness (QED) is 0.175. The number of rotatable bonds is 5. The lowest BCUT2D eigenvalue weighted by molar-refractivity contribution is 0.591. The highest BCUT2D eigenvalue weighted by Gasteiger charge is 2.34. The van der Waals surface area contributed by atoms with E-state index in [2.05, 4.69) is 84.9 Å². The lowest BCUT2D eigenvalue weighted by Crippen LogP contribution is -2.07. The van der Waals surface area contributed by atoms with E-state index in [1.807, 2.05) is 85.5 Å². The summed E-state index contributed by atoms with van der Waals surface area (Å²) < 4.78 is 13.9. The first-order valence-corrected chi connectivity index (χ1v) is 18.5. The monoisotopic (exact) mass is 647 g/mol. The van der Waals surface area contributed by atoms with Crippen LogP contribution in [0.1, 0.15) is 0 Å². The van der Waals surface area contributed by atoms with Gasteiger partial charge in [0.25, 0.3) is 0 Å². The molecule has 7 aromatic carbocycles. The van der Waals surface area contributed by atoms with E-state index in [9.17, 15) is 4.57 Å². The first kappa shape index (κ1) is 29.2. The molecule has 1 aliphatic heterocycles. The summed E-state index contributed by atoms with van der Waals surface area (Å²) in [7, 11) is -2.64. The maximum atomic E-state index is 13.9. The van der Waals surface area contributed by atoms with Crippen molar-refractivity contribution in [1.82, 2.24) is 15.0 Å². The van der Waals surface area contributed by atoms with Crippen LogP contribution in [0.15, 0.2) is 164 Å². The Balaban J connectivity index is 1.18. The summed E-state index contributed by atoms with van der Waals surface area (Å²) in [5.41, 5.74) is 9.40. The van der Waals surface area contributed by atoms with Crippen LogP contribution < -0.4 is 10.6 Å². The van der Waals surface area contributed by atoms with E-state index in [0.29, 0.717) is 17.5 Å². The summed E-state index contributed by atoms with van der Waals surface area (Å²) >= 11 is 0. The molecule has 1 aliphatic rings. The van der Waals surface area contributed by atoms with Gasteiger partial charge in [-0.25, -0.2) is 15.0 Å². The zero-order valence-corrected chi connectivity index (χ0v) is 27.7. The van der Waals surface area contributed by atoms with Crippen LogP contribution in [0.2, 0.25) is 0 Å². The van der Waals surface area contributed by atoms with Gasteiger partial charge >= 0.3 is 0 Å². The van der Waals surface area contributed by atoms with Crippen LogP contribution in [0.5, 0.6) is 0 Å².